The second-order valence-electron chi connectivity index (χ2n) is 6.34. The highest BCUT2D eigenvalue weighted by molar-refractivity contribution is 5.93. The van der Waals surface area contributed by atoms with Crippen LogP contribution in [0.5, 0.6) is 0 Å². The van der Waals surface area contributed by atoms with E-state index in [1.54, 1.807) is 0 Å². The van der Waals surface area contributed by atoms with Crippen LogP contribution >= 0.6 is 0 Å². The predicted molar refractivity (Wildman–Crippen MR) is 88.4 cm³/mol. The van der Waals surface area contributed by atoms with Crippen LogP contribution in [0.3, 0.4) is 0 Å². The molecule has 1 saturated heterocycles. The van der Waals surface area contributed by atoms with Crippen molar-refractivity contribution in [3.05, 3.63) is 0 Å². The van der Waals surface area contributed by atoms with Crippen LogP contribution in [0, 0.1) is 5.92 Å². The van der Waals surface area contributed by atoms with Crippen LogP contribution in [0.1, 0.15) is 40.0 Å². The van der Waals surface area contributed by atoms with Crippen LogP contribution < -0.4 is 10.6 Å². The van der Waals surface area contributed by atoms with Crippen molar-refractivity contribution in [1.29, 1.82) is 0 Å². The van der Waals surface area contributed by atoms with Crippen LogP contribution in [0.25, 0.3) is 0 Å². The van der Waals surface area contributed by atoms with Crippen LogP contribution in [0.15, 0.2) is 0 Å². The maximum absolute atomic E-state index is 12.9. The number of aliphatic hydroxyl groups excluding tert-OH is 1. The topological polar surface area (TPSA) is 136 Å². The van der Waals surface area contributed by atoms with Gasteiger partial charge in [0.05, 0.1) is 6.61 Å². The average Bonchev–Trinajstić information content (AvgIpc) is 3.05. The Kier molecular flexibility index (Phi) is 7.82. The second kappa shape index (κ2) is 9.36. The number of hydrogen-bond acceptors (Lipinski definition) is 5. The summed E-state index contributed by atoms with van der Waals surface area (Å²) >= 11 is 0. The van der Waals surface area contributed by atoms with Gasteiger partial charge in [-0.2, -0.15) is 0 Å². The van der Waals surface area contributed by atoms with Crippen LogP contribution in [-0.4, -0.2) is 70.1 Å². The van der Waals surface area contributed by atoms with Gasteiger partial charge in [-0.05, 0) is 18.8 Å². The van der Waals surface area contributed by atoms with Gasteiger partial charge < -0.3 is 25.7 Å². The molecule has 1 rings (SSSR count). The molecule has 0 aliphatic carbocycles. The first-order valence-electron chi connectivity index (χ1n) is 8.44. The van der Waals surface area contributed by atoms with Gasteiger partial charge >= 0.3 is 5.97 Å². The molecule has 1 heterocycles. The van der Waals surface area contributed by atoms with E-state index in [9.17, 15) is 19.2 Å². The molecule has 0 bridgehead atoms. The summed E-state index contributed by atoms with van der Waals surface area (Å²) in [6.45, 7) is 4.70. The molecule has 25 heavy (non-hydrogen) atoms. The fourth-order valence-corrected chi connectivity index (χ4v) is 2.84. The Labute approximate surface area is 146 Å². The molecule has 9 nitrogen and oxygen atoms in total. The third-order valence-corrected chi connectivity index (χ3v) is 4.47. The lowest BCUT2D eigenvalue weighted by atomic mass is 9.97. The van der Waals surface area contributed by atoms with E-state index >= 15 is 0 Å². The number of carbonyl (C=O) groups is 4. The Balaban J connectivity index is 2.90. The maximum Gasteiger partial charge on any atom is 0.328 e. The largest absolute Gasteiger partial charge is 0.480 e. The van der Waals surface area contributed by atoms with Crippen molar-refractivity contribution in [2.24, 2.45) is 5.92 Å². The monoisotopic (exact) mass is 357 g/mol. The highest BCUT2D eigenvalue weighted by Crippen LogP contribution is 2.21. The smallest absolute Gasteiger partial charge is 0.328 e. The molecule has 1 fully saturated rings. The number of likely N-dealkylation sites (tertiary alicyclic amines) is 1. The summed E-state index contributed by atoms with van der Waals surface area (Å²) in [7, 11) is 0. The molecule has 3 amide bonds. The minimum Gasteiger partial charge on any atom is -0.480 e. The molecule has 4 atom stereocenters. The number of aliphatic carboxylic acids is 1. The summed E-state index contributed by atoms with van der Waals surface area (Å²) in [6, 6.07) is -2.95. The first-order chi connectivity index (χ1) is 11.7. The molecule has 0 spiro atoms. The zero-order chi connectivity index (χ0) is 19.1. The Bertz CT molecular complexity index is 524. The molecule has 0 aromatic heterocycles. The van der Waals surface area contributed by atoms with E-state index in [2.05, 4.69) is 10.6 Å². The third kappa shape index (κ3) is 5.42. The molecule has 9 heteroatoms. The normalized spacial score (nSPS) is 20.5. The zero-order valence-corrected chi connectivity index (χ0v) is 14.8. The van der Waals surface area contributed by atoms with Gasteiger partial charge in [-0.3, -0.25) is 14.4 Å². The van der Waals surface area contributed by atoms with Gasteiger partial charge in [0, 0.05) is 13.5 Å². The van der Waals surface area contributed by atoms with Gasteiger partial charge in [0.1, 0.15) is 18.1 Å². The van der Waals surface area contributed by atoms with E-state index in [0.29, 0.717) is 25.8 Å². The number of aliphatic hydroxyl groups is 1. The number of carboxylic acid groups (broad SMARTS) is 1. The molecule has 142 valence electrons. The highest BCUT2D eigenvalue weighted by Gasteiger charge is 2.39. The summed E-state index contributed by atoms with van der Waals surface area (Å²) in [6.07, 6.45) is 1.68. The highest BCUT2D eigenvalue weighted by atomic mass is 16.4. The van der Waals surface area contributed by atoms with Crippen LogP contribution in [0.4, 0.5) is 0 Å². The van der Waals surface area contributed by atoms with Gasteiger partial charge in [0.2, 0.25) is 17.7 Å². The Hall–Kier alpha value is -2.16. The lowest BCUT2D eigenvalue weighted by Crippen LogP contribution is -2.57. The van der Waals surface area contributed by atoms with Crippen molar-refractivity contribution in [3.8, 4) is 0 Å². The summed E-state index contributed by atoms with van der Waals surface area (Å²) in [4.78, 5) is 49.0. The SMILES string of the molecule is CC[C@H](C)[C@H](NC(C)=O)C(=O)N1CCC[C@H]1C(=O)N[C@@H](CO)C(=O)O. The van der Waals surface area contributed by atoms with Crippen molar-refractivity contribution >= 4 is 23.7 Å². The Morgan fingerprint density at radius 1 is 1.24 bits per heavy atom. The van der Waals surface area contributed by atoms with Crippen molar-refractivity contribution in [1.82, 2.24) is 15.5 Å². The van der Waals surface area contributed by atoms with Crippen LogP contribution in [0.2, 0.25) is 0 Å². The second-order valence-corrected chi connectivity index (χ2v) is 6.34. The molecule has 0 unspecified atom stereocenters. The van der Waals surface area contributed by atoms with Crippen LogP contribution in [-0.2, 0) is 19.2 Å². The van der Waals surface area contributed by atoms with E-state index < -0.39 is 36.6 Å². The molecule has 0 aromatic carbocycles. The van der Waals surface area contributed by atoms with Gasteiger partial charge in [-0.25, -0.2) is 4.79 Å². The van der Waals surface area contributed by atoms with E-state index in [1.807, 2.05) is 13.8 Å². The molecule has 0 saturated carbocycles. The third-order valence-electron chi connectivity index (χ3n) is 4.47. The van der Waals surface area contributed by atoms with E-state index in [0.717, 1.165) is 0 Å². The van der Waals surface area contributed by atoms with Gasteiger partial charge in [0.15, 0.2) is 0 Å². The molecular weight excluding hydrogens is 330 g/mol. The van der Waals surface area contributed by atoms with E-state index in [4.69, 9.17) is 10.2 Å². The average molecular weight is 357 g/mol. The molecule has 1 aliphatic heterocycles. The molecule has 0 aromatic rings. The van der Waals surface area contributed by atoms with E-state index in [-0.39, 0.29) is 17.7 Å². The van der Waals surface area contributed by atoms with Crippen molar-refractivity contribution in [2.75, 3.05) is 13.2 Å². The Morgan fingerprint density at radius 2 is 1.88 bits per heavy atom. The minimum absolute atomic E-state index is 0.107. The van der Waals surface area contributed by atoms with Gasteiger partial charge in [-0.1, -0.05) is 20.3 Å². The fraction of sp³-hybridized carbons (Fsp3) is 0.750. The molecule has 4 N–H and O–H groups in total. The zero-order valence-electron chi connectivity index (χ0n) is 14.8. The minimum atomic E-state index is -1.41. The van der Waals surface area contributed by atoms with Gasteiger partial charge in [0.25, 0.3) is 0 Å². The summed E-state index contributed by atoms with van der Waals surface area (Å²) in [5, 5.41) is 22.8. The van der Waals surface area contributed by atoms with Crippen molar-refractivity contribution in [2.45, 2.75) is 58.2 Å². The first-order valence-corrected chi connectivity index (χ1v) is 8.44. The van der Waals surface area contributed by atoms with Gasteiger partial charge in [-0.15, -0.1) is 0 Å². The number of nitrogens with zero attached hydrogens (tertiary/aromatic N) is 1. The number of carboxylic acids is 1. The summed E-state index contributed by atoms with van der Waals surface area (Å²) in [5.74, 6) is -2.74. The number of amides is 3. The predicted octanol–water partition coefficient (Wildman–Crippen LogP) is -0.910. The first kappa shape index (κ1) is 20.9. The standard InChI is InChI=1S/C16H27N3O6/c1-4-9(2)13(17-10(3)21)15(23)19-7-5-6-12(19)14(22)18-11(8-20)16(24)25/h9,11-13,20H,4-8H2,1-3H3,(H,17,21)(H,18,22)(H,24,25)/t9-,11-,12-,13-/m0/s1. The number of hydrogen-bond donors (Lipinski definition) is 4. The molecule has 1 aliphatic rings. The van der Waals surface area contributed by atoms with E-state index in [1.165, 1.54) is 11.8 Å². The summed E-state index contributed by atoms with van der Waals surface area (Å²) in [5.41, 5.74) is 0. The number of carbonyl (C=O) groups excluding carboxylic acids is 3. The molecule has 0 radical (unpaired) electrons. The number of rotatable bonds is 8. The molecular formula is C16H27N3O6. The lowest BCUT2D eigenvalue weighted by Gasteiger charge is -2.31. The van der Waals surface area contributed by atoms with Crippen molar-refractivity contribution in [3.63, 3.8) is 0 Å². The summed E-state index contributed by atoms with van der Waals surface area (Å²) < 4.78 is 0. The van der Waals surface area contributed by atoms with Crippen molar-refractivity contribution < 1.29 is 29.4 Å². The maximum atomic E-state index is 12.9. The fourth-order valence-electron chi connectivity index (χ4n) is 2.84. The Morgan fingerprint density at radius 3 is 2.36 bits per heavy atom. The lowest BCUT2D eigenvalue weighted by molar-refractivity contribution is -0.146. The quantitative estimate of drug-likeness (QED) is 0.444. The number of nitrogens with one attached hydrogen (secondary N) is 2.